The Balaban J connectivity index is 1.75. The fourth-order valence-electron chi connectivity index (χ4n) is 1.81. The van der Waals surface area contributed by atoms with Gasteiger partial charge in [0.2, 0.25) is 10.0 Å². The van der Waals surface area contributed by atoms with Gasteiger partial charge in [0.05, 0.1) is 5.25 Å². The summed E-state index contributed by atoms with van der Waals surface area (Å²) in [6.07, 6.45) is 5.20. The van der Waals surface area contributed by atoms with Crippen LogP contribution in [0.2, 0.25) is 0 Å². The second-order valence-electron chi connectivity index (χ2n) is 4.24. The van der Waals surface area contributed by atoms with E-state index in [1.807, 2.05) is 0 Å². The Morgan fingerprint density at radius 3 is 2.57 bits per heavy atom. The molecule has 2 fully saturated rings. The average molecular weight is 218 g/mol. The zero-order valence-electron chi connectivity index (χ0n) is 8.33. The van der Waals surface area contributed by atoms with Crippen LogP contribution < -0.4 is 10.0 Å². The first kappa shape index (κ1) is 10.4. The maximum atomic E-state index is 11.5. The molecule has 1 saturated carbocycles. The van der Waals surface area contributed by atoms with Crippen molar-refractivity contribution in [3.63, 3.8) is 0 Å². The molecule has 82 valence electrons. The number of piperidine rings is 1. The SMILES string of the molecule is O=S(=O)(NCC1CCCCN1)C1CC1. The van der Waals surface area contributed by atoms with Crippen molar-refractivity contribution in [1.29, 1.82) is 0 Å². The Morgan fingerprint density at radius 1 is 1.21 bits per heavy atom. The minimum absolute atomic E-state index is 0.0916. The zero-order chi connectivity index (χ0) is 10.0. The highest BCUT2D eigenvalue weighted by atomic mass is 32.2. The van der Waals surface area contributed by atoms with Crippen molar-refractivity contribution in [2.75, 3.05) is 13.1 Å². The van der Waals surface area contributed by atoms with Crippen LogP contribution in [0.25, 0.3) is 0 Å². The van der Waals surface area contributed by atoms with Crippen LogP contribution in [0.4, 0.5) is 0 Å². The summed E-state index contributed by atoms with van der Waals surface area (Å²) in [7, 11) is -2.98. The summed E-state index contributed by atoms with van der Waals surface area (Å²) in [5, 5.41) is 3.23. The van der Waals surface area contributed by atoms with Crippen LogP contribution in [-0.4, -0.2) is 32.8 Å². The second-order valence-corrected chi connectivity index (χ2v) is 6.29. The van der Waals surface area contributed by atoms with Gasteiger partial charge in [0.25, 0.3) is 0 Å². The first-order valence-corrected chi connectivity index (χ1v) is 6.95. The molecule has 0 aromatic heterocycles. The lowest BCUT2D eigenvalue weighted by Gasteiger charge is -2.23. The average Bonchev–Trinajstić information content (AvgIpc) is 3.00. The monoisotopic (exact) mass is 218 g/mol. The molecule has 0 amide bonds. The predicted molar refractivity (Wildman–Crippen MR) is 55.6 cm³/mol. The van der Waals surface area contributed by atoms with Gasteiger partial charge in [-0.1, -0.05) is 6.42 Å². The molecule has 1 aliphatic carbocycles. The normalized spacial score (nSPS) is 29.0. The molecule has 2 N–H and O–H groups in total. The van der Waals surface area contributed by atoms with Gasteiger partial charge in [0.1, 0.15) is 0 Å². The van der Waals surface area contributed by atoms with Crippen LogP contribution in [-0.2, 0) is 10.0 Å². The van der Waals surface area contributed by atoms with Crippen molar-refractivity contribution < 1.29 is 8.42 Å². The molecule has 4 nitrogen and oxygen atoms in total. The molecule has 0 bridgehead atoms. The second kappa shape index (κ2) is 4.16. The number of rotatable bonds is 4. The molecule has 1 saturated heterocycles. The number of nitrogens with one attached hydrogen (secondary N) is 2. The molecule has 0 radical (unpaired) electrons. The van der Waals surface area contributed by atoms with E-state index in [2.05, 4.69) is 10.0 Å². The Hall–Kier alpha value is -0.130. The van der Waals surface area contributed by atoms with E-state index in [-0.39, 0.29) is 5.25 Å². The topological polar surface area (TPSA) is 58.2 Å². The molecular weight excluding hydrogens is 200 g/mol. The molecule has 0 spiro atoms. The van der Waals surface area contributed by atoms with Crippen molar-refractivity contribution in [2.45, 2.75) is 43.4 Å². The van der Waals surface area contributed by atoms with Gasteiger partial charge in [-0.05, 0) is 32.2 Å². The maximum Gasteiger partial charge on any atom is 0.214 e. The lowest BCUT2D eigenvalue weighted by molar-refractivity contribution is 0.398. The molecule has 14 heavy (non-hydrogen) atoms. The van der Waals surface area contributed by atoms with Gasteiger partial charge in [0.15, 0.2) is 0 Å². The van der Waals surface area contributed by atoms with Crippen molar-refractivity contribution in [1.82, 2.24) is 10.0 Å². The summed E-state index contributed by atoms with van der Waals surface area (Å²) >= 11 is 0. The van der Waals surface area contributed by atoms with Gasteiger partial charge in [-0.3, -0.25) is 0 Å². The van der Waals surface area contributed by atoms with Gasteiger partial charge in [-0.15, -0.1) is 0 Å². The molecule has 5 heteroatoms. The van der Waals surface area contributed by atoms with Crippen LogP contribution in [0.5, 0.6) is 0 Å². The third-order valence-corrected chi connectivity index (χ3v) is 4.82. The summed E-state index contributed by atoms with van der Waals surface area (Å²) < 4.78 is 25.7. The van der Waals surface area contributed by atoms with E-state index in [0.717, 1.165) is 25.8 Å². The first-order valence-electron chi connectivity index (χ1n) is 5.40. The Labute approximate surface area is 85.5 Å². The Kier molecular flexibility index (Phi) is 3.09. The number of sulfonamides is 1. The third kappa shape index (κ3) is 2.68. The molecular formula is C9H18N2O2S. The van der Waals surface area contributed by atoms with Crippen molar-refractivity contribution in [3.8, 4) is 0 Å². The first-order chi connectivity index (χ1) is 6.68. The van der Waals surface area contributed by atoms with Crippen LogP contribution >= 0.6 is 0 Å². The molecule has 1 unspecified atom stereocenters. The highest BCUT2D eigenvalue weighted by Gasteiger charge is 2.35. The summed E-state index contributed by atoms with van der Waals surface area (Å²) in [5.74, 6) is 0. The summed E-state index contributed by atoms with van der Waals surface area (Å²) in [6.45, 7) is 1.59. The smallest absolute Gasteiger partial charge is 0.214 e. The summed E-state index contributed by atoms with van der Waals surface area (Å²) in [6, 6.07) is 0.345. The maximum absolute atomic E-state index is 11.5. The lowest BCUT2D eigenvalue weighted by Crippen LogP contribution is -2.44. The van der Waals surface area contributed by atoms with E-state index >= 15 is 0 Å². The van der Waals surface area contributed by atoms with E-state index in [0.29, 0.717) is 12.6 Å². The number of hydrogen-bond donors (Lipinski definition) is 2. The Bertz CT molecular complexity index is 279. The fraction of sp³-hybridized carbons (Fsp3) is 1.00. The Morgan fingerprint density at radius 2 is 2.00 bits per heavy atom. The van der Waals surface area contributed by atoms with Crippen molar-refractivity contribution in [3.05, 3.63) is 0 Å². The largest absolute Gasteiger partial charge is 0.313 e. The molecule has 2 rings (SSSR count). The fourth-order valence-corrected chi connectivity index (χ4v) is 3.24. The van der Waals surface area contributed by atoms with Gasteiger partial charge in [0, 0.05) is 12.6 Å². The number of hydrogen-bond acceptors (Lipinski definition) is 3. The predicted octanol–water partition coefficient (Wildman–Crippen LogP) is 0.210. The van der Waals surface area contributed by atoms with E-state index in [4.69, 9.17) is 0 Å². The summed E-state index contributed by atoms with van der Waals surface area (Å²) in [4.78, 5) is 0. The minimum atomic E-state index is -2.98. The molecule has 0 aromatic carbocycles. The van der Waals surface area contributed by atoms with Gasteiger partial charge in [-0.25, -0.2) is 13.1 Å². The quantitative estimate of drug-likeness (QED) is 0.709. The van der Waals surface area contributed by atoms with E-state index < -0.39 is 10.0 Å². The zero-order valence-corrected chi connectivity index (χ0v) is 9.15. The molecule has 1 atom stereocenters. The van der Waals surface area contributed by atoms with Crippen molar-refractivity contribution >= 4 is 10.0 Å². The highest BCUT2D eigenvalue weighted by molar-refractivity contribution is 7.90. The molecule has 2 aliphatic rings. The third-order valence-electron chi connectivity index (χ3n) is 2.91. The minimum Gasteiger partial charge on any atom is -0.313 e. The molecule has 1 aliphatic heterocycles. The van der Waals surface area contributed by atoms with Gasteiger partial charge < -0.3 is 5.32 Å². The van der Waals surface area contributed by atoms with E-state index in [1.165, 1.54) is 12.8 Å². The van der Waals surface area contributed by atoms with Gasteiger partial charge >= 0.3 is 0 Å². The van der Waals surface area contributed by atoms with Crippen LogP contribution in [0.1, 0.15) is 32.1 Å². The van der Waals surface area contributed by atoms with Gasteiger partial charge in [-0.2, -0.15) is 0 Å². The lowest BCUT2D eigenvalue weighted by atomic mass is 10.1. The highest BCUT2D eigenvalue weighted by Crippen LogP contribution is 2.27. The molecule has 1 heterocycles. The van der Waals surface area contributed by atoms with E-state index in [1.54, 1.807) is 0 Å². The van der Waals surface area contributed by atoms with Crippen LogP contribution in [0.15, 0.2) is 0 Å². The van der Waals surface area contributed by atoms with Crippen molar-refractivity contribution in [2.24, 2.45) is 0 Å². The van der Waals surface area contributed by atoms with E-state index in [9.17, 15) is 8.42 Å². The van der Waals surface area contributed by atoms with Crippen LogP contribution in [0.3, 0.4) is 0 Å². The summed E-state index contributed by atoms with van der Waals surface area (Å²) in [5.41, 5.74) is 0. The molecule has 0 aromatic rings. The van der Waals surface area contributed by atoms with Crippen LogP contribution in [0, 0.1) is 0 Å². The standard InChI is InChI=1S/C9H18N2O2S/c12-14(13,9-4-5-9)11-7-8-3-1-2-6-10-8/h8-11H,1-7H2.